The molecule has 102 valence electrons. The van der Waals surface area contributed by atoms with Gasteiger partial charge in [0.25, 0.3) is 0 Å². The van der Waals surface area contributed by atoms with E-state index in [4.69, 9.17) is 0 Å². The summed E-state index contributed by atoms with van der Waals surface area (Å²) in [4.78, 5) is 6.73. The maximum atomic E-state index is 11.5. The molecule has 0 radical (unpaired) electrons. The zero-order chi connectivity index (χ0) is 13.9. The number of sulfonamides is 1. The van der Waals surface area contributed by atoms with Crippen LogP contribution in [0.4, 0.5) is 5.82 Å². The van der Waals surface area contributed by atoms with E-state index in [1.165, 1.54) is 29.1 Å². The van der Waals surface area contributed by atoms with Crippen LogP contribution in [0.3, 0.4) is 0 Å². The zero-order valence-corrected chi connectivity index (χ0v) is 12.3. The van der Waals surface area contributed by atoms with Crippen LogP contribution in [0.1, 0.15) is 9.75 Å². The molecule has 0 amide bonds. The summed E-state index contributed by atoms with van der Waals surface area (Å²) in [5.74, 6) is 0.654. The molecule has 5 nitrogen and oxygen atoms in total. The van der Waals surface area contributed by atoms with Gasteiger partial charge >= 0.3 is 0 Å². The number of hydrogen-bond donors (Lipinski definition) is 2. The lowest BCUT2D eigenvalue weighted by molar-refractivity contribution is 0.588. The Bertz CT molecular complexity index is 648. The standard InChI is InChI=1S/C12H15N3O2S2/c1-9-3-4-10(18-9)7-14-12-6-5-11(8-15-12)19(16,17)13-2/h3-6,8,13H,7H2,1-2H3,(H,14,15). The smallest absolute Gasteiger partial charge is 0.241 e. The molecule has 2 aromatic heterocycles. The van der Waals surface area contributed by atoms with E-state index in [1.807, 2.05) is 0 Å². The second kappa shape index (κ2) is 5.68. The van der Waals surface area contributed by atoms with Gasteiger partial charge in [-0.1, -0.05) is 0 Å². The molecule has 0 atom stereocenters. The van der Waals surface area contributed by atoms with Gasteiger partial charge in [0.1, 0.15) is 10.7 Å². The molecular weight excluding hydrogens is 282 g/mol. The molecule has 2 N–H and O–H groups in total. The summed E-state index contributed by atoms with van der Waals surface area (Å²) in [6, 6.07) is 7.32. The van der Waals surface area contributed by atoms with Gasteiger partial charge in [0.05, 0.1) is 6.54 Å². The summed E-state index contributed by atoms with van der Waals surface area (Å²) in [5.41, 5.74) is 0. The van der Waals surface area contributed by atoms with E-state index in [9.17, 15) is 8.42 Å². The summed E-state index contributed by atoms with van der Waals surface area (Å²) in [6.45, 7) is 2.74. The third-order valence-corrected chi connectivity index (χ3v) is 4.96. The molecule has 0 spiro atoms. The summed E-state index contributed by atoms with van der Waals surface area (Å²) >= 11 is 1.72. The zero-order valence-electron chi connectivity index (χ0n) is 10.7. The van der Waals surface area contributed by atoms with Crippen LogP contribution in [-0.4, -0.2) is 20.4 Å². The lowest BCUT2D eigenvalue weighted by Crippen LogP contribution is -2.18. The van der Waals surface area contributed by atoms with Gasteiger partial charge in [-0.3, -0.25) is 0 Å². The maximum Gasteiger partial charge on any atom is 0.241 e. The monoisotopic (exact) mass is 297 g/mol. The number of hydrogen-bond acceptors (Lipinski definition) is 5. The minimum atomic E-state index is -3.42. The number of aromatic nitrogens is 1. The Labute approximate surface area is 116 Å². The normalized spacial score (nSPS) is 11.5. The number of nitrogens with one attached hydrogen (secondary N) is 2. The molecule has 0 unspecified atom stereocenters. The summed E-state index contributed by atoms with van der Waals surface area (Å²) in [7, 11) is -2.04. The maximum absolute atomic E-state index is 11.5. The lowest BCUT2D eigenvalue weighted by Gasteiger charge is -2.05. The fraction of sp³-hybridized carbons (Fsp3) is 0.250. The fourth-order valence-electron chi connectivity index (χ4n) is 1.52. The molecule has 2 heterocycles. The van der Waals surface area contributed by atoms with Gasteiger partial charge < -0.3 is 5.32 Å². The number of nitrogens with zero attached hydrogens (tertiary/aromatic N) is 1. The van der Waals surface area contributed by atoms with Crippen molar-refractivity contribution in [3.63, 3.8) is 0 Å². The van der Waals surface area contributed by atoms with Crippen LogP contribution < -0.4 is 10.0 Å². The van der Waals surface area contributed by atoms with Crippen LogP contribution >= 0.6 is 11.3 Å². The van der Waals surface area contributed by atoms with E-state index in [-0.39, 0.29) is 4.90 Å². The van der Waals surface area contributed by atoms with Crippen molar-refractivity contribution in [3.8, 4) is 0 Å². The van der Waals surface area contributed by atoms with Crippen LogP contribution in [0.15, 0.2) is 35.4 Å². The minimum absolute atomic E-state index is 0.160. The summed E-state index contributed by atoms with van der Waals surface area (Å²) < 4.78 is 25.3. The van der Waals surface area contributed by atoms with Crippen molar-refractivity contribution in [2.75, 3.05) is 12.4 Å². The van der Waals surface area contributed by atoms with Crippen molar-refractivity contribution in [2.45, 2.75) is 18.4 Å². The highest BCUT2D eigenvalue weighted by Crippen LogP contribution is 2.17. The van der Waals surface area contributed by atoms with Crippen molar-refractivity contribution in [3.05, 3.63) is 40.2 Å². The lowest BCUT2D eigenvalue weighted by atomic mass is 10.4. The van der Waals surface area contributed by atoms with E-state index in [2.05, 4.69) is 34.1 Å². The molecule has 19 heavy (non-hydrogen) atoms. The molecule has 0 aliphatic heterocycles. The Morgan fingerprint density at radius 2 is 2.05 bits per heavy atom. The quantitative estimate of drug-likeness (QED) is 0.885. The van der Waals surface area contributed by atoms with Gasteiger partial charge in [0.15, 0.2) is 0 Å². The van der Waals surface area contributed by atoms with Crippen LogP contribution in [0.25, 0.3) is 0 Å². The van der Waals surface area contributed by atoms with Gasteiger partial charge in [0, 0.05) is 16.0 Å². The molecule has 0 aromatic carbocycles. The van der Waals surface area contributed by atoms with E-state index in [1.54, 1.807) is 17.4 Å². The number of thiophene rings is 1. The van der Waals surface area contributed by atoms with E-state index >= 15 is 0 Å². The SMILES string of the molecule is CNS(=O)(=O)c1ccc(NCc2ccc(C)s2)nc1. The van der Waals surface area contributed by atoms with E-state index in [0.717, 1.165) is 0 Å². The Morgan fingerprint density at radius 3 is 2.58 bits per heavy atom. The van der Waals surface area contributed by atoms with Crippen LogP contribution in [0.5, 0.6) is 0 Å². The van der Waals surface area contributed by atoms with Gasteiger partial charge in [-0.15, -0.1) is 11.3 Å². The van der Waals surface area contributed by atoms with Crippen molar-refractivity contribution in [1.82, 2.24) is 9.71 Å². The van der Waals surface area contributed by atoms with Crippen molar-refractivity contribution in [2.24, 2.45) is 0 Å². The number of rotatable bonds is 5. The van der Waals surface area contributed by atoms with Crippen LogP contribution in [0.2, 0.25) is 0 Å². The average molecular weight is 297 g/mol. The van der Waals surface area contributed by atoms with Crippen molar-refractivity contribution >= 4 is 27.2 Å². The van der Waals surface area contributed by atoms with Crippen molar-refractivity contribution < 1.29 is 8.42 Å². The molecule has 0 bridgehead atoms. The molecule has 2 rings (SSSR count). The van der Waals surface area contributed by atoms with Crippen molar-refractivity contribution in [1.29, 1.82) is 0 Å². The first-order valence-electron chi connectivity index (χ1n) is 5.70. The van der Waals surface area contributed by atoms with Gasteiger partial charge in [-0.05, 0) is 38.2 Å². The van der Waals surface area contributed by atoms with E-state index in [0.29, 0.717) is 12.4 Å². The second-order valence-corrected chi connectivity index (χ2v) is 7.21. The van der Waals surface area contributed by atoms with Crippen LogP contribution in [0, 0.1) is 6.92 Å². The molecule has 7 heteroatoms. The Hall–Kier alpha value is -1.44. The first-order chi connectivity index (χ1) is 9.01. The Balaban J connectivity index is 2.03. The average Bonchev–Trinajstić information content (AvgIpc) is 2.83. The first kappa shape index (κ1) is 14.0. The minimum Gasteiger partial charge on any atom is -0.365 e. The third kappa shape index (κ3) is 3.52. The number of aryl methyl sites for hydroxylation is 1. The predicted octanol–water partition coefficient (Wildman–Crippen LogP) is 1.97. The second-order valence-electron chi connectivity index (χ2n) is 3.95. The third-order valence-electron chi connectivity index (χ3n) is 2.56. The highest BCUT2D eigenvalue weighted by atomic mass is 32.2. The first-order valence-corrected chi connectivity index (χ1v) is 8.00. The van der Waals surface area contributed by atoms with Gasteiger partial charge in [-0.2, -0.15) is 0 Å². The van der Waals surface area contributed by atoms with E-state index < -0.39 is 10.0 Å². The number of anilines is 1. The predicted molar refractivity (Wildman–Crippen MR) is 76.9 cm³/mol. The Kier molecular flexibility index (Phi) is 4.18. The highest BCUT2D eigenvalue weighted by Gasteiger charge is 2.11. The summed E-state index contributed by atoms with van der Waals surface area (Å²) in [5, 5.41) is 3.16. The molecular formula is C12H15N3O2S2. The molecule has 0 aliphatic carbocycles. The number of pyridine rings is 1. The highest BCUT2D eigenvalue weighted by molar-refractivity contribution is 7.89. The molecule has 2 aromatic rings. The molecule has 0 aliphatic rings. The molecule has 0 fully saturated rings. The van der Waals surface area contributed by atoms with Gasteiger partial charge in [0.2, 0.25) is 10.0 Å². The summed E-state index contributed by atoms with van der Waals surface area (Å²) in [6.07, 6.45) is 1.34. The van der Waals surface area contributed by atoms with Gasteiger partial charge in [-0.25, -0.2) is 18.1 Å². The largest absolute Gasteiger partial charge is 0.365 e. The Morgan fingerprint density at radius 1 is 1.26 bits per heavy atom. The van der Waals surface area contributed by atoms with Crippen LogP contribution in [-0.2, 0) is 16.6 Å². The topological polar surface area (TPSA) is 71.1 Å². The molecule has 0 saturated heterocycles. The molecule has 0 saturated carbocycles. The fourth-order valence-corrected chi connectivity index (χ4v) is 3.02.